The lowest BCUT2D eigenvalue weighted by Crippen LogP contribution is -2.57. The van der Waals surface area contributed by atoms with E-state index in [4.69, 9.17) is 4.74 Å². The Morgan fingerprint density at radius 2 is 1.57 bits per heavy atom. The number of hydrogen-bond donors (Lipinski definition) is 3. The summed E-state index contributed by atoms with van der Waals surface area (Å²) in [6, 6.07) is 14.2. The molecule has 2 aliphatic rings. The third-order valence-electron chi connectivity index (χ3n) is 5.84. The monoisotopic (exact) mass is 482 g/mol. The quantitative estimate of drug-likeness (QED) is 0.514. The number of rotatable bonds is 5. The molecule has 188 valence electrons. The van der Waals surface area contributed by atoms with Gasteiger partial charge in [-0.2, -0.15) is 0 Å². The number of fused-ring (bicyclic) bond motifs is 2. The number of nitrogens with one attached hydrogen (secondary N) is 1. The zero-order chi connectivity index (χ0) is 25.8. The summed E-state index contributed by atoms with van der Waals surface area (Å²) in [6.45, 7) is 6.68. The van der Waals surface area contributed by atoms with Crippen LogP contribution in [0.15, 0.2) is 48.5 Å². The van der Waals surface area contributed by atoms with Crippen molar-refractivity contribution in [1.82, 2.24) is 10.2 Å². The Hall–Kier alpha value is -3.39. The fraction of sp³-hybridized carbons (Fsp3) is 0.444. The Bertz CT molecular complexity index is 1050. The van der Waals surface area contributed by atoms with Crippen LogP contribution in [-0.4, -0.2) is 56.9 Å². The lowest BCUT2D eigenvalue weighted by Gasteiger charge is -2.39. The first kappa shape index (κ1) is 26.2. The Morgan fingerprint density at radius 1 is 1.03 bits per heavy atom. The molecule has 1 aliphatic carbocycles. The van der Waals surface area contributed by atoms with Crippen molar-refractivity contribution in [3.63, 3.8) is 0 Å². The first-order chi connectivity index (χ1) is 16.4. The van der Waals surface area contributed by atoms with Crippen molar-refractivity contribution in [2.24, 2.45) is 0 Å². The van der Waals surface area contributed by atoms with Gasteiger partial charge in [0.1, 0.15) is 11.6 Å². The molecule has 2 aromatic rings. The number of benzene rings is 2. The van der Waals surface area contributed by atoms with Gasteiger partial charge in [-0.15, -0.1) is 0 Å². The number of carboxylic acid groups (broad SMARTS) is 1. The molecule has 0 aromatic heterocycles. The van der Waals surface area contributed by atoms with Gasteiger partial charge in [0.15, 0.2) is 0 Å². The van der Waals surface area contributed by atoms with Crippen molar-refractivity contribution in [2.75, 3.05) is 0 Å². The molecule has 0 bridgehead atoms. The van der Waals surface area contributed by atoms with Crippen LogP contribution in [0.25, 0.3) is 0 Å². The molecule has 0 fully saturated rings. The van der Waals surface area contributed by atoms with Crippen LogP contribution >= 0.6 is 0 Å². The minimum absolute atomic E-state index is 0.214. The lowest BCUT2D eigenvalue weighted by atomic mass is 9.91. The third-order valence-corrected chi connectivity index (χ3v) is 5.84. The van der Waals surface area contributed by atoms with Crippen LogP contribution in [0.5, 0.6) is 0 Å². The maximum absolute atomic E-state index is 13.1. The van der Waals surface area contributed by atoms with Crippen molar-refractivity contribution in [2.45, 2.75) is 77.3 Å². The van der Waals surface area contributed by atoms with E-state index in [2.05, 4.69) is 29.6 Å². The molecule has 8 nitrogen and oxygen atoms in total. The number of carbonyl (C=O) groups is 3. The predicted octanol–water partition coefficient (Wildman–Crippen LogP) is 3.28. The molecule has 0 saturated heterocycles. The average Bonchev–Trinajstić information content (AvgIpc) is 3.55. The van der Waals surface area contributed by atoms with E-state index < -0.39 is 41.8 Å². The normalized spacial score (nSPS) is 17.5. The highest BCUT2D eigenvalue weighted by Crippen LogP contribution is 2.27. The topological polar surface area (TPSA) is 116 Å². The number of aliphatic hydroxyl groups excluding tert-OH is 1. The highest BCUT2D eigenvalue weighted by atomic mass is 16.6. The van der Waals surface area contributed by atoms with E-state index in [9.17, 15) is 24.6 Å². The molecule has 0 radical (unpaired) electrons. The van der Waals surface area contributed by atoms with E-state index in [-0.39, 0.29) is 13.0 Å². The molecule has 2 aromatic carbocycles. The van der Waals surface area contributed by atoms with Gasteiger partial charge < -0.3 is 25.2 Å². The second-order valence-electron chi connectivity index (χ2n) is 10.0. The Morgan fingerprint density at radius 3 is 2.06 bits per heavy atom. The van der Waals surface area contributed by atoms with Crippen LogP contribution in [0.3, 0.4) is 0 Å². The van der Waals surface area contributed by atoms with Gasteiger partial charge in [-0.1, -0.05) is 48.5 Å². The zero-order valence-corrected chi connectivity index (χ0v) is 20.7. The molecule has 1 aliphatic heterocycles. The molecule has 4 rings (SSSR count). The molecule has 35 heavy (non-hydrogen) atoms. The van der Waals surface area contributed by atoms with Crippen molar-refractivity contribution in [3.05, 3.63) is 70.8 Å². The summed E-state index contributed by atoms with van der Waals surface area (Å²) in [6.07, 6.45) is -0.583. The van der Waals surface area contributed by atoms with Gasteiger partial charge in [0.25, 0.3) is 0 Å². The van der Waals surface area contributed by atoms with Gasteiger partial charge in [-0.25, -0.2) is 4.79 Å². The maximum Gasteiger partial charge on any atom is 0.408 e. The first-order valence-electron chi connectivity index (χ1n) is 11.8. The Balaban J connectivity index is 0.000000410. The van der Waals surface area contributed by atoms with E-state index in [1.165, 1.54) is 29.4 Å². The SMILES string of the molecule is CC(O)C(NC(=O)OC(C)(C)C)C(=O)N1Cc2ccccc2C[C@@H]1CC(=O)O.c1ccc2c(c1)C2. The summed E-state index contributed by atoms with van der Waals surface area (Å²) in [5, 5.41) is 21.8. The molecule has 3 N–H and O–H groups in total. The maximum atomic E-state index is 13.1. The number of aliphatic hydroxyl groups is 1. The molecule has 0 saturated carbocycles. The summed E-state index contributed by atoms with van der Waals surface area (Å²) in [4.78, 5) is 38.0. The van der Waals surface area contributed by atoms with Gasteiger partial charge in [0.2, 0.25) is 5.91 Å². The minimum atomic E-state index is -1.24. The standard InChI is InChI=1S/C20H28N2O6.C7H6/c1-12(23)17(21-19(27)28-20(2,3)4)18(26)22-11-14-8-6-5-7-13(14)9-15(22)10-16(24)25;1-2-4-7-5-6(7)3-1/h5-8,12,15,17,23H,9-11H2,1-4H3,(H,21,27)(H,24,25);1-4H,5H2/t12?,15-,17?;/m1./s1. The molecule has 1 heterocycles. The van der Waals surface area contributed by atoms with Crippen molar-refractivity contribution in [3.8, 4) is 0 Å². The first-order valence-corrected chi connectivity index (χ1v) is 11.8. The van der Waals surface area contributed by atoms with E-state index in [0.717, 1.165) is 11.1 Å². The van der Waals surface area contributed by atoms with Crippen LogP contribution in [0.4, 0.5) is 4.79 Å². The fourth-order valence-corrected chi connectivity index (χ4v) is 4.07. The summed E-state index contributed by atoms with van der Waals surface area (Å²) in [5.41, 5.74) is 4.21. The smallest absolute Gasteiger partial charge is 0.408 e. The summed E-state index contributed by atoms with van der Waals surface area (Å²) in [7, 11) is 0. The van der Waals surface area contributed by atoms with E-state index in [1.54, 1.807) is 20.8 Å². The summed E-state index contributed by atoms with van der Waals surface area (Å²) >= 11 is 0. The van der Waals surface area contributed by atoms with Gasteiger partial charge in [-0.3, -0.25) is 9.59 Å². The number of amides is 2. The average molecular weight is 483 g/mol. The number of carbonyl (C=O) groups excluding carboxylic acids is 2. The van der Waals surface area contributed by atoms with Crippen molar-refractivity contribution >= 4 is 18.0 Å². The molecule has 2 amide bonds. The van der Waals surface area contributed by atoms with Gasteiger partial charge in [0, 0.05) is 12.6 Å². The van der Waals surface area contributed by atoms with Gasteiger partial charge in [-0.05, 0) is 62.8 Å². The molecule has 2 unspecified atom stereocenters. The zero-order valence-electron chi connectivity index (χ0n) is 20.7. The molecular formula is C27H34N2O6. The number of ether oxygens (including phenoxy) is 1. The van der Waals surface area contributed by atoms with Crippen molar-refractivity contribution in [1.29, 1.82) is 0 Å². The van der Waals surface area contributed by atoms with E-state index in [1.807, 2.05) is 24.3 Å². The fourth-order valence-electron chi connectivity index (χ4n) is 4.07. The van der Waals surface area contributed by atoms with Crippen LogP contribution in [0.2, 0.25) is 0 Å². The van der Waals surface area contributed by atoms with E-state index >= 15 is 0 Å². The second-order valence-corrected chi connectivity index (χ2v) is 10.0. The number of nitrogens with zero attached hydrogens (tertiary/aromatic N) is 1. The number of carboxylic acids is 1. The lowest BCUT2D eigenvalue weighted by molar-refractivity contribution is -0.144. The number of hydrogen-bond acceptors (Lipinski definition) is 5. The number of alkyl carbamates (subject to hydrolysis) is 1. The highest BCUT2D eigenvalue weighted by Gasteiger charge is 2.37. The minimum Gasteiger partial charge on any atom is -0.481 e. The molecule has 0 spiro atoms. The summed E-state index contributed by atoms with van der Waals surface area (Å²) in [5.74, 6) is -1.56. The van der Waals surface area contributed by atoms with Crippen LogP contribution in [0, 0.1) is 0 Å². The third kappa shape index (κ3) is 7.55. The summed E-state index contributed by atoms with van der Waals surface area (Å²) < 4.78 is 5.18. The van der Waals surface area contributed by atoms with Crippen molar-refractivity contribution < 1.29 is 29.3 Å². The van der Waals surface area contributed by atoms with Crippen LogP contribution < -0.4 is 5.32 Å². The molecule has 3 atom stereocenters. The molecular weight excluding hydrogens is 448 g/mol. The Kier molecular flexibility index (Phi) is 8.17. The molecule has 8 heteroatoms. The van der Waals surface area contributed by atoms with Crippen LogP contribution in [0.1, 0.15) is 56.4 Å². The number of aliphatic carboxylic acids is 1. The largest absolute Gasteiger partial charge is 0.481 e. The second kappa shape index (κ2) is 10.9. The Labute approximate surface area is 205 Å². The van der Waals surface area contributed by atoms with E-state index in [0.29, 0.717) is 6.42 Å². The highest BCUT2D eigenvalue weighted by molar-refractivity contribution is 5.87. The van der Waals surface area contributed by atoms with Crippen LogP contribution in [-0.2, 0) is 33.7 Å². The van der Waals surface area contributed by atoms with Gasteiger partial charge in [0.05, 0.1) is 12.5 Å². The predicted molar refractivity (Wildman–Crippen MR) is 131 cm³/mol. The van der Waals surface area contributed by atoms with Gasteiger partial charge >= 0.3 is 12.1 Å².